The molecule has 0 aliphatic heterocycles. The van der Waals surface area contributed by atoms with Crippen LogP contribution in [0.15, 0.2) is 53.5 Å². The summed E-state index contributed by atoms with van der Waals surface area (Å²) in [6.07, 6.45) is 1.66. The molecule has 2 N–H and O–H groups in total. The van der Waals surface area contributed by atoms with Crippen LogP contribution in [0.5, 0.6) is 11.5 Å². The van der Waals surface area contributed by atoms with Crippen LogP contribution in [0, 0.1) is 0 Å². The first-order valence-electron chi connectivity index (χ1n) is 8.45. The Morgan fingerprint density at radius 2 is 1.76 bits per heavy atom. The second-order valence-corrected chi connectivity index (χ2v) is 5.61. The van der Waals surface area contributed by atoms with Crippen molar-refractivity contribution in [1.29, 1.82) is 0 Å². The first-order chi connectivity index (χ1) is 12.2. The number of hydrogen-bond acceptors (Lipinski definition) is 4. The van der Waals surface area contributed by atoms with Gasteiger partial charge < -0.3 is 19.8 Å². The lowest BCUT2D eigenvalue weighted by molar-refractivity contribution is 0.287. The molecule has 0 radical (unpaired) electrons. The zero-order chi connectivity index (χ0) is 17.6. The van der Waals surface area contributed by atoms with Crippen molar-refractivity contribution in [1.82, 2.24) is 4.98 Å². The fourth-order valence-corrected chi connectivity index (χ4v) is 2.70. The van der Waals surface area contributed by atoms with E-state index >= 15 is 0 Å². The number of anilines is 1. The lowest BCUT2D eigenvalue weighted by atomic mass is 10.1. The van der Waals surface area contributed by atoms with Gasteiger partial charge >= 0.3 is 0 Å². The third kappa shape index (κ3) is 3.94. The summed E-state index contributed by atoms with van der Waals surface area (Å²) in [7, 11) is 0. The van der Waals surface area contributed by atoms with E-state index in [9.17, 15) is 4.79 Å². The van der Waals surface area contributed by atoms with Gasteiger partial charge in [-0.25, -0.2) is 0 Å². The summed E-state index contributed by atoms with van der Waals surface area (Å²) in [4.78, 5) is 14.6. The van der Waals surface area contributed by atoms with Gasteiger partial charge in [-0.3, -0.25) is 4.79 Å². The van der Waals surface area contributed by atoms with E-state index in [1.807, 2.05) is 56.3 Å². The lowest BCUT2D eigenvalue weighted by Gasteiger charge is -2.13. The van der Waals surface area contributed by atoms with Crippen molar-refractivity contribution in [2.45, 2.75) is 20.4 Å². The number of H-pyrrole nitrogens is 1. The average Bonchev–Trinajstić information content (AvgIpc) is 2.63. The van der Waals surface area contributed by atoms with Gasteiger partial charge in [0.15, 0.2) is 11.5 Å². The largest absolute Gasteiger partial charge is 0.490 e. The summed E-state index contributed by atoms with van der Waals surface area (Å²) < 4.78 is 11.2. The van der Waals surface area contributed by atoms with Gasteiger partial charge in [0.2, 0.25) is 0 Å². The molecule has 5 nitrogen and oxygen atoms in total. The van der Waals surface area contributed by atoms with Crippen LogP contribution in [0.4, 0.5) is 5.69 Å². The highest BCUT2D eigenvalue weighted by Crippen LogP contribution is 2.29. The number of fused-ring (bicyclic) bond motifs is 1. The van der Waals surface area contributed by atoms with Crippen molar-refractivity contribution >= 4 is 16.5 Å². The molecule has 0 aliphatic rings. The van der Waals surface area contributed by atoms with E-state index < -0.39 is 0 Å². The van der Waals surface area contributed by atoms with Crippen molar-refractivity contribution in [3.8, 4) is 11.5 Å². The van der Waals surface area contributed by atoms with Crippen molar-refractivity contribution < 1.29 is 9.47 Å². The monoisotopic (exact) mass is 338 g/mol. The number of pyridine rings is 1. The summed E-state index contributed by atoms with van der Waals surface area (Å²) in [5.74, 6) is 1.50. The first kappa shape index (κ1) is 16.9. The highest BCUT2D eigenvalue weighted by molar-refractivity contribution is 5.84. The van der Waals surface area contributed by atoms with Crippen LogP contribution in [0.1, 0.15) is 19.4 Å². The zero-order valence-corrected chi connectivity index (χ0v) is 14.5. The molecule has 130 valence electrons. The Bertz CT molecular complexity index is 918. The molecule has 0 saturated heterocycles. The van der Waals surface area contributed by atoms with Gasteiger partial charge in [0.1, 0.15) is 0 Å². The molecule has 0 amide bonds. The molecule has 1 heterocycles. The number of nitrogens with one attached hydrogen (secondary N) is 2. The molecule has 0 spiro atoms. The van der Waals surface area contributed by atoms with Gasteiger partial charge in [0.25, 0.3) is 5.56 Å². The van der Waals surface area contributed by atoms with Crippen LogP contribution in [0.3, 0.4) is 0 Å². The zero-order valence-electron chi connectivity index (χ0n) is 14.5. The van der Waals surface area contributed by atoms with Gasteiger partial charge in [-0.2, -0.15) is 0 Å². The maximum Gasteiger partial charge on any atom is 0.255 e. The van der Waals surface area contributed by atoms with E-state index in [0.29, 0.717) is 25.1 Å². The van der Waals surface area contributed by atoms with Crippen LogP contribution < -0.4 is 20.3 Å². The molecular formula is C20H22N2O3. The van der Waals surface area contributed by atoms with Gasteiger partial charge in [0, 0.05) is 23.8 Å². The summed E-state index contributed by atoms with van der Waals surface area (Å²) in [5, 5.41) is 4.95. The quantitative estimate of drug-likeness (QED) is 0.685. The number of hydrogen-bond donors (Lipinski definition) is 2. The minimum absolute atomic E-state index is 0.0825. The Hall–Kier alpha value is -2.95. The molecule has 1 aromatic heterocycles. The molecule has 3 rings (SSSR count). The Morgan fingerprint density at radius 3 is 2.56 bits per heavy atom. The molecule has 25 heavy (non-hydrogen) atoms. The van der Waals surface area contributed by atoms with Crippen LogP contribution in [-0.4, -0.2) is 18.2 Å². The Labute approximate surface area is 146 Å². The normalized spacial score (nSPS) is 10.6. The van der Waals surface area contributed by atoms with Crippen molar-refractivity contribution in [2.24, 2.45) is 0 Å². The Kier molecular flexibility index (Phi) is 5.23. The van der Waals surface area contributed by atoms with Gasteiger partial charge in [-0.15, -0.1) is 0 Å². The predicted octanol–water partition coefficient (Wildman–Crippen LogP) is 3.94. The molecule has 0 atom stereocenters. The van der Waals surface area contributed by atoms with E-state index in [1.165, 1.54) is 0 Å². The van der Waals surface area contributed by atoms with Crippen LogP contribution in [0.2, 0.25) is 0 Å². The molecule has 2 aromatic carbocycles. The SMILES string of the molecule is CCOc1ccc(CNc2ccc3cc[nH]c(=O)c3c2)cc1OCC. The van der Waals surface area contributed by atoms with E-state index in [1.54, 1.807) is 6.20 Å². The Balaban J connectivity index is 1.78. The molecule has 0 saturated carbocycles. The van der Waals surface area contributed by atoms with E-state index in [2.05, 4.69) is 10.3 Å². The maximum absolute atomic E-state index is 11.9. The van der Waals surface area contributed by atoms with Crippen molar-refractivity contribution in [3.63, 3.8) is 0 Å². The first-order valence-corrected chi connectivity index (χ1v) is 8.45. The molecular weight excluding hydrogens is 316 g/mol. The average molecular weight is 338 g/mol. The standard InChI is InChI=1S/C20H22N2O3/c1-3-24-18-8-5-14(11-19(18)25-4-2)13-22-16-7-6-15-9-10-21-20(23)17(15)12-16/h5-12,22H,3-4,13H2,1-2H3,(H,21,23). The van der Waals surface area contributed by atoms with Crippen molar-refractivity contribution in [2.75, 3.05) is 18.5 Å². The lowest BCUT2D eigenvalue weighted by Crippen LogP contribution is -2.06. The summed E-state index contributed by atoms with van der Waals surface area (Å²) >= 11 is 0. The van der Waals surface area contributed by atoms with Gasteiger partial charge in [0.05, 0.1) is 13.2 Å². The fraction of sp³-hybridized carbons (Fsp3) is 0.250. The minimum Gasteiger partial charge on any atom is -0.490 e. The summed E-state index contributed by atoms with van der Waals surface area (Å²) in [5.41, 5.74) is 1.89. The highest BCUT2D eigenvalue weighted by Gasteiger charge is 2.06. The van der Waals surface area contributed by atoms with Crippen LogP contribution >= 0.6 is 0 Å². The molecule has 3 aromatic rings. The summed E-state index contributed by atoms with van der Waals surface area (Å²) in [6, 6.07) is 13.6. The van der Waals surface area contributed by atoms with Gasteiger partial charge in [-0.05, 0) is 55.1 Å². The molecule has 5 heteroatoms. The van der Waals surface area contributed by atoms with Gasteiger partial charge in [-0.1, -0.05) is 12.1 Å². The fourth-order valence-electron chi connectivity index (χ4n) is 2.70. The second kappa shape index (κ2) is 7.75. The maximum atomic E-state index is 11.9. The number of benzene rings is 2. The van der Waals surface area contributed by atoms with E-state index in [-0.39, 0.29) is 5.56 Å². The topological polar surface area (TPSA) is 63.3 Å². The number of aromatic nitrogens is 1. The highest BCUT2D eigenvalue weighted by atomic mass is 16.5. The van der Waals surface area contributed by atoms with E-state index in [0.717, 1.165) is 28.1 Å². The predicted molar refractivity (Wildman–Crippen MR) is 101 cm³/mol. The van der Waals surface area contributed by atoms with Crippen LogP contribution in [0.25, 0.3) is 10.8 Å². The smallest absolute Gasteiger partial charge is 0.255 e. The number of aromatic amines is 1. The van der Waals surface area contributed by atoms with E-state index in [4.69, 9.17) is 9.47 Å². The third-order valence-electron chi connectivity index (χ3n) is 3.88. The van der Waals surface area contributed by atoms with Crippen LogP contribution in [-0.2, 0) is 6.54 Å². The van der Waals surface area contributed by atoms with Crippen molar-refractivity contribution in [3.05, 3.63) is 64.6 Å². The summed E-state index contributed by atoms with van der Waals surface area (Å²) in [6.45, 7) is 5.72. The molecule has 0 bridgehead atoms. The molecule has 0 fully saturated rings. The Morgan fingerprint density at radius 1 is 0.960 bits per heavy atom. The number of ether oxygens (including phenoxy) is 2. The second-order valence-electron chi connectivity index (χ2n) is 5.61. The minimum atomic E-state index is -0.0825. The molecule has 0 unspecified atom stereocenters. The third-order valence-corrected chi connectivity index (χ3v) is 3.88. The molecule has 0 aliphatic carbocycles. The number of rotatable bonds is 7.